The van der Waals surface area contributed by atoms with E-state index < -0.39 is 0 Å². The van der Waals surface area contributed by atoms with Gasteiger partial charge in [-0.1, -0.05) is 32.0 Å². The molecule has 0 aliphatic rings. The number of hydrogen-bond donors (Lipinski definition) is 1. The topological polar surface area (TPSA) is 46.3 Å². The van der Waals surface area contributed by atoms with Crippen LogP contribution in [0.4, 0.5) is 5.69 Å². The summed E-state index contributed by atoms with van der Waals surface area (Å²) in [5.41, 5.74) is 7.74. The van der Waals surface area contributed by atoms with Gasteiger partial charge in [-0.15, -0.1) is 0 Å². The van der Waals surface area contributed by atoms with Crippen molar-refractivity contribution in [2.75, 3.05) is 18.5 Å². The summed E-state index contributed by atoms with van der Waals surface area (Å²) in [5, 5.41) is 0. The van der Waals surface area contributed by atoms with Crippen LogP contribution >= 0.6 is 0 Å². The first-order valence-corrected chi connectivity index (χ1v) is 6.02. The number of benzene rings is 1. The molecule has 0 aliphatic heterocycles. The predicted molar refractivity (Wildman–Crippen MR) is 72.0 cm³/mol. The van der Waals surface area contributed by atoms with Crippen LogP contribution in [0.25, 0.3) is 0 Å². The number of rotatable bonds is 4. The van der Waals surface area contributed by atoms with Gasteiger partial charge in [-0.25, -0.2) is 0 Å². The zero-order valence-corrected chi connectivity index (χ0v) is 11.1. The van der Waals surface area contributed by atoms with Crippen LogP contribution in [0.2, 0.25) is 0 Å². The molecule has 1 rings (SSSR count). The molecule has 0 spiro atoms. The molecule has 1 aromatic carbocycles. The van der Waals surface area contributed by atoms with Gasteiger partial charge < -0.3 is 10.6 Å². The van der Waals surface area contributed by atoms with E-state index in [1.807, 2.05) is 52.1 Å². The van der Waals surface area contributed by atoms with Crippen LogP contribution < -0.4 is 10.6 Å². The molecule has 0 saturated carbocycles. The third-order valence-corrected chi connectivity index (χ3v) is 3.18. The molecule has 0 saturated heterocycles. The molecule has 3 nitrogen and oxygen atoms in total. The Kier molecular flexibility index (Phi) is 4.70. The maximum atomic E-state index is 12.3. The minimum Gasteiger partial charge on any atom is -0.330 e. The highest BCUT2D eigenvalue weighted by Gasteiger charge is 2.24. The number of carbonyl (C=O) groups is 1. The Bertz CT molecular complexity index is 388. The van der Waals surface area contributed by atoms with Crippen LogP contribution in [0, 0.1) is 18.8 Å². The first-order chi connectivity index (χ1) is 7.99. The molecule has 0 radical (unpaired) electrons. The molecule has 0 fully saturated rings. The van der Waals surface area contributed by atoms with Crippen LogP contribution in [-0.2, 0) is 4.79 Å². The minimum atomic E-state index is -0.111. The van der Waals surface area contributed by atoms with Crippen LogP contribution in [0.3, 0.4) is 0 Å². The molecule has 0 heterocycles. The van der Waals surface area contributed by atoms with E-state index in [4.69, 9.17) is 5.73 Å². The van der Waals surface area contributed by atoms with Crippen molar-refractivity contribution >= 4 is 11.6 Å². The van der Waals surface area contributed by atoms with E-state index in [-0.39, 0.29) is 17.7 Å². The molecular weight excluding hydrogens is 212 g/mol. The molecule has 0 bridgehead atoms. The lowest BCUT2D eigenvalue weighted by Gasteiger charge is -2.26. The summed E-state index contributed by atoms with van der Waals surface area (Å²) >= 11 is 0. The van der Waals surface area contributed by atoms with Gasteiger partial charge in [0.25, 0.3) is 0 Å². The Morgan fingerprint density at radius 1 is 1.35 bits per heavy atom. The van der Waals surface area contributed by atoms with Crippen molar-refractivity contribution in [1.82, 2.24) is 0 Å². The van der Waals surface area contributed by atoms with Crippen molar-refractivity contribution in [1.29, 1.82) is 0 Å². The molecule has 1 atom stereocenters. The predicted octanol–water partition coefficient (Wildman–Crippen LogP) is 2.19. The standard InChI is InChI=1S/C14H22N2O/c1-10(2)12(9-15)14(17)16(4)13-8-6-5-7-11(13)3/h5-8,10,12H,9,15H2,1-4H3. The van der Waals surface area contributed by atoms with E-state index in [1.54, 1.807) is 4.90 Å². The number of para-hydroxylation sites is 1. The maximum Gasteiger partial charge on any atom is 0.231 e. The van der Waals surface area contributed by atoms with E-state index in [0.29, 0.717) is 6.54 Å². The molecule has 1 amide bonds. The number of aryl methyl sites for hydroxylation is 1. The van der Waals surface area contributed by atoms with E-state index in [2.05, 4.69) is 0 Å². The van der Waals surface area contributed by atoms with Crippen LogP contribution in [-0.4, -0.2) is 19.5 Å². The lowest BCUT2D eigenvalue weighted by Crippen LogP contribution is -2.39. The smallest absolute Gasteiger partial charge is 0.231 e. The number of hydrogen-bond acceptors (Lipinski definition) is 2. The van der Waals surface area contributed by atoms with Gasteiger partial charge in [0.2, 0.25) is 5.91 Å². The second-order valence-corrected chi connectivity index (χ2v) is 4.77. The van der Waals surface area contributed by atoms with Crippen LogP contribution in [0.15, 0.2) is 24.3 Å². The Labute approximate surface area is 104 Å². The quantitative estimate of drug-likeness (QED) is 0.868. The van der Waals surface area contributed by atoms with Crippen LogP contribution in [0.5, 0.6) is 0 Å². The van der Waals surface area contributed by atoms with Crippen molar-refractivity contribution < 1.29 is 4.79 Å². The average Bonchev–Trinajstić information content (AvgIpc) is 2.29. The van der Waals surface area contributed by atoms with Gasteiger partial charge in [0.1, 0.15) is 0 Å². The second-order valence-electron chi connectivity index (χ2n) is 4.77. The largest absolute Gasteiger partial charge is 0.330 e. The SMILES string of the molecule is Cc1ccccc1N(C)C(=O)C(CN)C(C)C. The monoisotopic (exact) mass is 234 g/mol. The summed E-state index contributed by atoms with van der Waals surface area (Å²) < 4.78 is 0. The molecule has 17 heavy (non-hydrogen) atoms. The van der Waals surface area contributed by atoms with Gasteiger partial charge in [-0.05, 0) is 24.5 Å². The number of nitrogens with two attached hydrogens (primary N) is 1. The van der Waals surface area contributed by atoms with Gasteiger partial charge in [-0.3, -0.25) is 4.79 Å². The van der Waals surface area contributed by atoms with E-state index in [1.165, 1.54) is 0 Å². The molecule has 3 heteroatoms. The normalized spacial score (nSPS) is 12.6. The molecule has 2 N–H and O–H groups in total. The Morgan fingerprint density at radius 3 is 2.41 bits per heavy atom. The van der Waals surface area contributed by atoms with Crippen LogP contribution in [0.1, 0.15) is 19.4 Å². The van der Waals surface area contributed by atoms with E-state index in [0.717, 1.165) is 11.3 Å². The maximum absolute atomic E-state index is 12.3. The fourth-order valence-corrected chi connectivity index (χ4v) is 1.97. The van der Waals surface area contributed by atoms with E-state index in [9.17, 15) is 4.79 Å². The summed E-state index contributed by atoms with van der Waals surface area (Å²) in [6, 6.07) is 7.88. The number of nitrogens with zero attached hydrogens (tertiary/aromatic N) is 1. The van der Waals surface area contributed by atoms with Crippen molar-refractivity contribution in [3.8, 4) is 0 Å². The zero-order chi connectivity index (χ0) is 13.0. The molecule has 0 aliphatic carbocycles. The Hall–Kier alpha value is -1.35. The summed E-state index contributed by atoms with van der Waals surface area (Å²) in [6.45, 7) is 6.46. The van der Waals surface area contributed by atoms with Crippen molar-refractivity contribution in [2.45, 2.75) is 20.8 Å². The summed E-state index contributed by atoms with van der Waals surface area (Å²) in [6.07, 6.45) is 0. The molecule has 94 valence electrons. The first kappa shape index (κ1) is 13.7. The fraction of sp³-hybridized carbons (Fsp3) is 0.500. The molecule has 1 unspecified atom stereocenters. The number of carbonyl (C=O) groups excluding carboxylic acids is 1. The first-order valence-electron chi connectivity index (χ1n) is 6.02. The highest BCUT2D eigenvalue weighted by atomic mass is 16.2. The Morgan fingerprint density at radius 2 is 1.94 bits per heavy atom. The third-order valence-electron chi connectivity index (χ3n) is 3.18. The molecule has 1 aromatic rings. The minimum absolute atomic E-state index is 0.0943. The van der Waals surface area contributed by atoms with Crippen molar-refractivity contribution in [3.63, 3.8) is 0 Å². The third kappa shape index (κ3) is 3.07. The zero-order valence-electron chi connectivity index (χ0n) is 11.1. The average molecular weight is 234 g/mol. The van der Waals surface area contributed by atoms with E-state index >= 15 is 0 Å². The lowest BCUT2D eigenvalue weighted by molar-refractivity contribution is -0.123. The summed E-state index contributed by atoms with van der Waals surface area (Å²) in [7, 11) is 1.82. The van der Waals surface area contributed by atoms with Gasteiger partial charge in [0.15, 0.2) is 0 Å². The summed E-state index contributed by atoms with van der Waals surface area (Å²) in [5.74, 6) is 0.246. The summed E-state index contributed by atoms with van der Waals surface area (Å²) in [4.78, 5) is 14.0. The van der Waals surface area contributed by atoms with Gasteiger partial charge in [0, 0.05) is 19.3 Å². The fourth-order valence-electron chi connectivity index (χ4n) is 1.97. The molecular formula is C14H22N2O. The highest BCUT2D eigenvalue weighted by molar-refractivity contribution is 5.95. The lowest BCUT2D eigenvalue weighted by atomic mass is 9.94. The van der Waals surface area contributed by atoms with Crippen molar-refractivity contribution in [2.24, 2.45) is 17.6 Å². The highest BCUT2D eigenvalue weighted by Crippen LogP contribution is 2.21. The van der Waals surface area contributed by atoms with Gasteiger partial charge >= 0.3 is 0 Å². The second kappa shape index (κ2) is 5.82. The molecule has 0 aromatic heterocycles. The van der Waals surface area contributed by atoms with Gasteiger partial charge in [-0.2, -0.15) is 0 Å². The number of amides is 1. The van der Waals surface area contributed by atoms with Gasteiger partial charge in [0.05, 0.1) is 5.92 Å². The van der Waals surface area contributed by atoms with Crippen molar-refractivity contribution in [3.05, 3.63) is 29.8 Å². The Balaban J connectivity index is 2.94. The number of anilines is 1.